The number of amidine groups is 1. The summed E-state index contributed by atoms with van der Waals surface area (Å²) in [5.74, 6) is -1.20. The number of thiophene rings is 1. The molecule has 0 spiro atoms. The molecule has 86 valence electrons. The fourth-order valence-corrected chi connectivity index (χ4v) is 1.77. The van der Waals surface area contributed by atoms with E-state index in [1.54, 1.807) is 11.4 Å². The minimum atomic E-state index is -1.03. The molecule has 5 nitrogen and oxygen atoms in total. The topological polar surface area (TPSA) is 78.8 Å². The highest BCUT2D eigenvalue weighted by molar-refractivity contribution is 7.10. The summed E-state index contributed by atoms with van der Waals surface area (Å²) in [6.45, 7) is 1.90. The van der Waals surface area contributed by atoms with Crippen LogP contribution in [0, 0.1) is 6.92 Å². The van der Waals surface area contributed by atoms with Crippen LogP contribution in [0.2, 0.25) is 0 Å². The van der Waals surface area contributed by atoms with Crippen molar-refractivity contribution < 1.29 is 14.7 Å². The maximum atomic E-state index is 11.6. The molecule has 1 rings (SSSR count). The summed E-state index contributed by atoms with van der Waals surface area (Å²) in [5, 5.41) is 12.8. The molecule has 0 fully saturated rings. The van der Waals surface area contributed by atoms with E-state index in [0.29, 0.717) is 5.56 Å². The average molecular weight is 240 g/mol. The summed E-state index contributed by atoms with van der Waals surface area (Å²) < 4.78 is 0. The number of aryl methyl sites for hydroxylation is 1. The van der Waals surface area contributed by atoms with Gasteiger partial charge >= 0.3 is 5.97 Å². The van der Waals surface area contributed by atoms with Gasteiger partial charge in [-0.25, -0.2) is 0 Å². The molecule has 0 aromatic carbocycles. The van der Waals surface area contributed by atoms with Gasteiger partial charge in [-0.1, -0.05) is 0 Å². The molecule has 2 N–H and O–H groups in total. The minimum absolute atomic E-state index is 0.154. The molecule has 0 radical (unpaired) electrons. The Morgan fingerprint density at radius 3 is 2.69 bits per heavy atom. The molecule has 0 saturated carbocycles. The lowest BCUT2D eigenvalue weighted by atomic mass is 10.3. The quantitative estimate of drug-likeness (QED) is 0.617. The average Bonchev–Trinajstić information content (AvgIpc) is 2.63. The van der Waals surface area contributed by atoms with Crippen molar-refractivity contribution in [2.24, 2.45) is 4.99 Å². The third kappa shape index (κ3) is 3.47. The molecule has 1 heterocycles. The fourth-order valence-electron chi connectivity index (χ4n) is 1.09. The SMILES string of the molecule is CN=C(CC(=O)O)NC(=O)c1csc(C)c1. The Bertz CT molecular complexity index is 437. The van der Waals surface area contributed by atoms with Crippen LogP contribution in [0.25, 0.3) is 0 Å². The normalized spacial score (nSPS) is 11.2. The highest BCUT2D eigenvalue weighted by Gasteiger charge is 2.12. The van der Waals surface area contributed by atoms with E-state index in [9.17, 15) is 9.59 Å². The summed E-state index contributed by atoms with van der Waals surface area (Å²) in [5.41, 5.74) is 0.522. The van der Waals surface area contributed by atoms with Gasteiger partial charge in [0, 0.05) is 17.3 Å². The third-order valence-corrected chi connectivity index (χ3v) is 2.70. The molecule has 1 aromatic heterocycles. The van der Waals surface area contributed by atoms with Crippen molar-refractivity contribution in [1.29, 1.82) is 0 Å². The molecule has 1 amide bonds. The van der Waals surface area contributed by atoms with Crippen LogP contribution < -0.4 is 5.32 Å². The highest BCUT2D eigenvalue weighted by Crippen LogP contribution is 2.12. The summed E-state index contributed by atoms with van der Waals surface area (Å²) in [7, 11) is 1.44. The van der Waals surface area contributed by atoms with Gasteiger partial charge in [-0.15, -0.1) is 11.3 Å². The highest BCUT2D eigenvalue weighted by atomic mass is 32.1. The standard InChI is InChI=1S/C10H12N2O3S/c1-6-3-7(5-16-6)10(15)12-8(11-2)4-9(13)14/h3,5H,4H2,1-2H3,(H,13,14)(H,11,12,15). The van der Waals surface area contributed by atoms with Crippen molar-refractivity contribution in [2.45, 2.75) is 13.3 Å². The van der Waals surface area contributed by atoms with Crippen LogP contribution in [0.5, 0.6) is 0 Å². The molecule has 0 bridgehead atoms. The first-order valence-corrected chi connectivity index (χ1v) is 5.45. The first-order chi connectivity index (χ1) is 7.52. The van der Waals surface area contributed by atoms with Gasteiger partial charge in [0.25, 0.3) is 5.91 Å². The maximum absolute atomic E-state index is 11.6. The number of nitrogens with one attached hydrogen (secondary N) is 1. The second kappa shape index (κ2) is 5.41. The van der Waals surface area contributed by atoms with Gasteiger partial charge in [0.2, 0.25) is 0 Å². The molecular weight excluding hydrogens is 228 g/mol. The number of hydrogen-bond acceptors (Lipinski definition) is 4. The Balaban J connectivity index is 2.66. The predicted octanol–water partition coefficient (Wildman–Crippen LogP) is 1.29. The zero-order valence-corrected chi connectivity index (χ0v) is 9.80. The number of carbonyl (C=O) groups excluding carboxylic acids is 1. The lowest BCUT2D eigenvalue weighted by Gasteiger charge is -2.04. The van der Waals surface area contributed by atoms with Crippen LogP contribution in [-0.4, -0.2) is 29.9 Å². The number of carbonyl (C=O) groups is 2. The van der Waals surface area contributed by atoms with Crippen molar-refractivity contribution in [2.75, 3.05) is 7.05 Å². The van der Waals surface area contributed by atoms with Gasteiger partial charge in [0.15, 0.2) is 0 Å². The smallest absolute Gasteiger partial charge is 0.311 e. The fraction of sp³-hybridized carbons (Fsp3) is 0.300. The van der Waals surface area contributed by atoms with Crippen LogP contribution in [-0.2, 0) is 4.79 Å². The Kier molecular flexibility index (Phi) is 4.19. The van der Waals surface area contributed by atoms with Crippen molar-refractivity contribution in [3.8, 4) is 0 Å². The zero-order valence-electron chi connectivity index (χ0n) is 8.98. The number of aliphatic carboxylic acids is 1. The second-order valence-electron chi connectivity index (χ2n) is 3.14. The predicted molar refractivity (Wildman–Crippen MR) is 62.1 cm³/mol. The van der Waals surface area contributed by atoms with E-state index in [4.69, 9.17) is 5.11 Å². The number of amides is 1. The lowest BCUT2D eigenvalue weighted by Crippen LogP contribution is -2.31. The van der Waals surface area contributed by atoms with Crippen molar-refractivity contribution >= 4 is 29.0 Å². The summed E-state index contributed by atoms with van der Waals surface area (Å²) in [4.78, 5) is 26.8. The van der Waals surface area contributed by atoms with Crippen molar-refractivity contribution in [3.63, 3.8) is 0 Å². The van der Waals surface area contributed by atoms with Gasteiger partial charge in [-0.2, -0.15) is 0 Å². The molecule has 0 saturated heterocycles. The van der Waals surface area contributed by atoms with Gasteiger partial charge in [-0.3, -0.25) is 14.6 Å². The lowest BCUT2D eigenvalue weighted by molar-refractivity contribution is -0.135. The molecule has 0 aliphatic rings. The third-order valence-electron chi connectivity index (χ3n) is 1.84. The first-order valence-electron chi connectivity index (χ1n) is 4.57. The Labute approximate surface area is 96.8 Å². The van der Waals surface area contributed by atoms with Crippen LogP contribution in [0.15, 0.2) is 16.4 Å². The number of carboxylic acid groups (broad SMARTS) is 1. The number of carboxylic acids is 1. The first kappa shape index (κ1) is 12.4. The van der Waals surface area contributed by atoms with E-state index in [1.807, 2.05) is 6.92 Å². The Hall–Kier alpha value is -1.69. The minimum Gasteiger partial charge on any atom is -0.481 e. The molecule has 0 aliphatic carbocycles. The van der Waals surface area contributed by atoms with Gasteiger partial charge in [-0.05, 0) is 13.0 Å². The number of hydrogen-bond donors (Lipinski definition) is 2. The van der Waals surface area contributed by atoms with E-state index in [2.05, 4.69) is 10.3 Å². The summed E-state index contributed by atoms with van der Waals surface area (Å²) in [6.07, 6.45) is -0.286. The van der Waals surface area contributed by atoms with Crippen LogP contribution >= 0.6 is 11.3 Å². The number of nitrogens with zero attached hydrogens (tertiary/aromatic N) is 1. The molecule has 0 unspecified atom stereocenters. The van der Waals surface area contributed by atoms with Gasteiger partial charge in [0.1, 0.15) is 12.3 Å². The van der Waals surface area contributed by atoms with Crippen LogP contribution in [0.3, 0.4) is 0 Å². The van der Waals surface area contributed by atoms with E-state index < -0.39 is 5.97 Å². The van der Waals surface area contributed by atoms with E-state index in [0.717, 1.165) is 4.88 Å². The van der Waals surface area contributed by atoms with Gasteiger partial charge in [0.05, 0.1) is 5.56 Å². The molecule has 6 heteroatoms. The molecule has 0 atom stereocenters. The van der Waals surface area contributed by atoms with E-state index >= 15 is 0 Å². The Morgan fingerprint density at radius 1 is 1.56 bits per heavy atom. The zero-order chi connectivity index (χ0) is 12.1. The Morgan fingerprint density at radius 2 is 2.25 bits per heavy atom. The molecule has 16 heavy (non-hydrogen) atoms. The van der Waals surface area contributed by atoms with E-state index in [1.165, 1.54) is 18.4 Å². The van der Waals surface area contributed by atoms with Gasteiger partial charge < -0.3 is 10.4 Å². The number of aliphatic imine (C=N–C) groups is 1. The largest absolute Gasteiger partial charge is 0.481 e. The molecular formula is C10H12N2O3S. The molecule has 0 aliphatic heterocycles. The molecule has 1 aromatic rings. The maximum Gasteiger partial charge on any atom is 0.311 e. The summed E-state index contributed by atoms with van der Waals surface area (Å²) >= 11 is 1.46. The monoisotopic (exact) mass is 240 g/mol. The summed E-state index contributed by atoms with van der Waals surface area (Å²) in [6, 6.07) is 1.74. The van der Waals surface area contributed by atoms with Crippen LogP contribution in [0.4, 0.5) is 0 Å². The van der Waals surface area contributed by atoms with Crippen LogP contribution in [0.1, 0.15) is 21.7 Å². The van der Waals surface area contributed by atoms with Crippen molar-refractivity contribution in [3.05, 3.63) is 21.9 Å². The number of rotatable bonds is 3. The van der Waals surface area contributed by atoms with Crippen molar-refractivity contribution in [1.82, 2.24) is 5.32 Å². The van der Waals surface area contributed by atoms with E-state index in [-0.39, 0.29) is 18.2 Å². The second-order valence-corrected chi connectivity index (χ2v) is 4.26.